The van der Waals surface area contributed by atoms with Crippen LogP contribution in [0.4, 0.5) is 4.79 Å². The molecule has 19 heavy (non-hydrogen) atoms. The van der Waals surface area contributed by atoms with Crippen molar-refractivity contribution < 1.29 is 13.7 Å². The summed E-state index contributed by atoms with van der Waals surface area (Å²) in [6.45, 7) is 0. The van der Waals surface area contributed by atoms with Crippen LogP contribution in [0.25, 0.3) is 0 Å². The van der Waals surface area contributed by atoms with Crippen molar-refractivity contribution in [2.24, 2.45) is 5.73 Å². The van der Waals surface area contributed by atoms with Crippen molar-refractivity contribution in [1.29, 1.82) is 10.8 Å². The van der Waals surface area contributed by atoms with Crippen LogP contribution in [0.2, 0.25) is 0 Å². The fourth-order valence-electron chi connectivity index (χ4n) is 1.02. The molecule has 0 aromatic rings. The van der Waals surface area contributed by atoms with Crippen molar-refractivity contribution >= 4 is 38.4 Å². The minimum absolute atomic E-state index is 0.324. The SMILES string of the molecule is N=C(N)SC(=N)S(=O)NC(=O)OC1=CCC=CC=C1. The van der Waals surface area contributed by atoms with Crippen molar-refractivity contribution in [3.05, 3.63) is 36.1 Å². The van der Waals surface area contributed by atoms with E-state index in [9.17, 15) is 9.00 Å². The second-order valence-electron chi connectivity index (χ2n) is 3.14. The van der Waals surface area contributed by atoms with Gasteiger partial charge in [-0.1, -0.05) is 18.2 Å². The Morgan fingerprint density at radius 1 is 1.47 bits per heavy atom. The maximum atomic E-state index is 11.5. The molecule has 102 valence electrons. The fourth-order valence-corrected chi connectivity index (χ4v) is 2.21. The molecule has 1 aliphatic rings. The first kappa shape index (κ1) is 15.2. The highest BCUT2D eigenvalue weighted by Gasteiger charge is 2.15. The van der Waals surface area contributed by atoms with Gasteiger partial charge in [-0.25, -0.2) is 13.7 Å². The van der Waals surface area contributed by atoms with Gasteiger partial charge in [-0.2, -0.15) is 0 Å². The molecule has 1 atom stereocenters. The summed E-state index contributed by atoms with van der Waals surface area (Å²) in [5, 5.41) is 13.9. The monoisotopic (exact) mass is 300 g/mol. The average molecular weight is 300 g/mol. The Bertz CT molecular complexity index is 511. The largest absolute Gasteiger partial charge is 0.424 e. The predicted molar refractivity (Wildman–Crippen MR) is 76.0 cm³/mol. The van der Waals surface area contributed by atoms with Crippen LogP contribution in [-0.2, 0) is 15.7 Å². The molecule has 1 amide bonds. The fraction of sp³-hybridized carbons (Fsp3) is 0.100. The summed E-state index contributed by atoms with van der Waals surface area (Å²) in [5.74, 6) is 0.324. The summed E-state index contributed by atoms with van der Waals surface area (Å²) in [7, 11) is -2.09. The van der Waals surface area contributed by atoms with Gasteiger partial charge in [-0.05, 0) is 30.3 Å². The van der Waals surface area contributed by atoms with Crippen LogP contribution in [-0.4, -0.2) is 19.8 Å². The third kappa shape index (κ3) is 6.02. The third-order valence-corrected chi connectivity index (χ3v) is 3.52. The molecule has 1 unspecified atom stereocenters. The summed E-state index contributed by atoms with van der Waals surface area (Å²) in [6.07, 6.45) is 8.33. The minimum atomic E-state index is -2.09. The zero-order chi connectivity index (χ0) is 14.3. The first-order valence-electron chi connectivity index (χ1n) is 5.03. The molecule has 0 spiro atoms. The lowest BCUT2D eigenvalue weighted by Gasteiger charge is -2.06. The zero-order valence-electron chi connectivity index (χ0n) is 9.71. The van der Waals surface area contributed by atoms with Gasteiger partial charge in [0.25, 0.3) is 0 Å². The highest BCUT2D eigenvalue weighted by molar-refractivity contribution is 8.40. The number of carbonyl (C=O) groups is 1. The highest BCUT2D eigenvalue weighted by Crippen LogP contribution is 2.08. The Labute approximate surface area is 116 Å². The van der Waals surface area contributed by atoms with E-state index in [2.05, 4.69) is 0 Å². The van der Waals surface area contributed by atoms with Crippen LogP contribution in [0.3, 0.4) is 0 Å². The van der Waals surface area contributed by atoms with Crippen LogP contribution in [0.5, 0.6) is 0 Å². The molecule has 1 aliphatic carbocycles. The smallest absolute Gasteiger partial charge is 0.410 e. The molecule has 0 bridgehead atoms. The first-order chi connectivity index (χ1) is 8.99. The molecule has 0 fully saturated rings. The van der Waals surface area contributed by atoms with E-state index < -0.39 is 21.5 Å². The summed E-state index contributed by atoms with van der Waals surface area (Å²) in [5.41, 5.74) is 5.03. The number of hydrogen-bond donors (Lipinski definition) is 4. The van der Waals surface area contributed by atoms with Crippen LogP contribution < -0.4 is 10.5 Å². The van der Waals surface area contributed by atoms with Crippen molar-refractivity contribution in [2.45, 2.75) is 6.42 Å². The number of allylic oxidation sites excluding steroid dienone is 5. The molecule has 7 nitrogen and oxygen atoms in total. The Morgan fingerprint density at radius 3 is 2.89 bits per heavy atom. The molecular weight excluding hydrogens is 288 g/mol. The lowest BCUT2D eigenvalue weighted by Crippen LogP contribution is -2.30. The number of hydrogen-bond acceptors (Lipinski definition) is 6. The van der Waals surface area contributed by atoms with Crippen molar-refractivity contribution in [2.75, 3.05) is 0 Å². The first-order valence-corrected chi connectivity index (χ1v) is 6.99. The number of amides is 1. The second kappa shape index (κ2) is 7.54. The van der Waals surface area contributed by atoms with Gasteiger partial charge < -0.3 is 10.5 Å². The molecule has 0 aliphatic heterocycles. The van der Waals surface area contributed by atoms with Crippen molar-refractivity contribution in [3.63, 3.8) is 0 Å². The molecule has 0 saturated heterocycles. The maximum Gasteiger partial charge on any atom is 0.424 e. The minimum Gasteiger partial charge on any atom is -0.410 e. The highest BCUT2D eigenvalue weighted by atomic mass is 32.2. The van der Waals surface area contributed by atoms with E-state index in [4.69, 9.17) is 21.3 Å². The molecule has 0 saturated carbocycles. The van der Waals surface area contributed by atoms with Gasteiger partial charge in [-0.3, -0.25) is 10.8 Å². The Balaban J connectivity index is 2.47. The van der Waals surface area contributed by atoms with Gasteiger partial charge in [0, 0.05) is 0 Å². The standard InChI is InChI=1S/C10H12N4O3S2/c11-8(12)18-9(13)19(16)14-10(15)17-7-5-3-1-2-4-6-7/h1-3,5-6,13H,4H2,(H3,11,12)(H,14,15). The van der Waals surface area contributed by atoms with Crippen LogP contribution in [0.15, 0.2) is 36.1 Å². The molecule has 5 N–H and O–H groups in total. The van der Waals surface area contributed by atoms with E-state index in [1.807, 2.05) is 16.9 Å². The summed E-state index contributed by atoms with van der Waals surface area (Å²) < 4.78 is 17.9. The number of nitrogens with one attached hydrogen (secondary N) is 3. The number of carbonyl (C=O) groups excluding carboxylic acids is 1. The van der Waals surface area contributed by atoms with Gasteiger partial charge in [-0.15, -0.1) is 0 Å². The summed E-state index contributed by atoms with van der Waals surface area (Å²) in [6, 6.07) is 0. The van der Waals surface area contributed by atoms with Gasteiger partial charge >= 0.3 is 6.09 Å². The Hall–Kier alpha value is -1.87. The molecular formula is C10H12N4O3S2. The van der Waals surface area contributed by atoms with E-state index in [-0.39, 0.29) is 5.17 Å². The lowest BCUT2D eigenvalue weighted by molar-refractivity contribution is 0.186. The number of nitrogens with two attached hydrogens (primary N) is 1. The zero-order valence-corrected chi connectivity index (χ0v) is 11.3. The maximum absolute atomic E-state index is 11.5. The van der Waals surface area contributed by atoms with E-state index >= 15 is 0 Å². The summed E-state index contributed by atoms with van der Waals surface area (Å²) >= 11 is 0.489. The molecule has 1 rings (SSSR count). The van der Waals surface area contributed by atoms with Gasteiger partial charge in [0.1, 0.15) is 5.76 Å². The molecule has 9 heteroatoms. The number of amidine groups is 1. The molecule has 0 aromatic heterocycles. The summed E-state index contributed by atoms with van der Waals surface area (Å²) in [4.78, 5) is 11.4. The van der Waals surface area contributed by atoms with Crippen LogP contribution >= 0.6 is 11.8 Å². The molecule has 0 aromatic carbocycles. The van der Waals surface area contributed by atoms with E-state index in [0.717, 1.165) is 0 Å². The van der Waals surface area contributed by atoms with Crippen LogP contribution in [0, 0.1) is 10.8 Å². The average Bonchev–Trinajstić information content (AvgIpc) is 2.56. The van der Waals surface area contributed by atoms with E-state index in [1.54, 1.807) is 18.2 Å². The van der Waals surface area contributed by atoms with E-state index in [0.29, 0.717) is 23.9 Å². The topological polar surface area (TPSA) is 129 Å². The van der Waals surface area contributed by atoms with Crippen LogP contribution in [0.1, 0.15) is 6.42 Å². The number of ether oxygens (including phenoxy) is 1. The van der Waals surface area contributed by atoms with Crippen molar-refractivity contribution in [3.8, 4) is 0 Å². The number of rotatable bonds is 1. The second-order valence-corrected chi connectivity index (χ2v) is 5.60. The quantitative estimate of drug-likeness (QED) is 0.429. The Kier molecular flexibility index (Phi) is 6.03. The lowest BCUT2D eigenvalue weighted by atomic mass is 10.3. The van der Waals surface area contributed by atoms with Gasteiger partial charge in [0.05, 0.1) is 0 Å². The third-order valence-electron chi connectivity index (χ3n) is 1.72. The normalized spacial score (nSPS) is 15.1. The van der Waals surface area contributed by atoms with Gasteiger partial charge in [0.2, 0.25) is 0 Å². The van der Waals surface area contributed by atoms with Gasteiger partial charge in [0.15, 0.2) is 20.5 Å². The predicted octanol–water partition coefficient (Wildman–Crippen LogP) is 1.34. The molecule has 0 radical (unpaired) electrons. The number of thioether (sulfide) groups is 1. The Morgan fingerprint density at radius 2 is 2.21 bits per heavy atom. The van der Waals surface area contributed by atoms with Crippen molar-refractivity contribution in [1.82, 2.24) is 4.72 Å². The molecule has 0 heterocycles. The van der Waals surface area contributed by atoms with E-state index in [1.165, 1.54) is 0 Å².